The monoisotopic (exact) mass is 260 g/mol. The van der Waals surface area contributed by atoms with Gasteiger partial charge < -0.3 is 5.73 Å². The van der Waals surface area contributed by atoms with E-state index in [0.29, 0.717) is 5.56 Å². The van der Waals surface area contributed by atoms with Gasteiger partial charge in [-0.05, 0) is 17.7 Å². The molecule has 1 amide bonds. The zero-order valence-corrected chi connectivity index (χ0v) is 9.64. The second kappa shape index (κ2) is 4.15. The van der Waals surface area contributed by atoms with Crippen molar-refractivity contribution >= 4 is 34.4 Å². The Labute approximate surface area is 98.8 Å². The molecule has 5 nitrogen and oxygen atoms in total. The van der Waals surface area contributed by atoms with Gasteiger partial charge in [0.2, 0.25) is 0 Å². The van der Waals surface area contributed by atoms with Crippen LogP contribution < -0.4 is 10.5 Å². The first kappa shape index (κ1) is 12.5. The van der Waals surface area contributed by atoms with Crippen molar-refractivity contribution < 1.29 is 13.2 Å². The third-order valence-electron chi connectivity index (χ3n) is 2.02. The molecular weight excluding hydrogens is 252 g/mol. The molecular formula is C9H9ClN2O3S. The Morgan fingerprint density at radius 2 is 1.88 bits per heavy atom. The molecule has 0 bridgehead atoms. The Morgan fingerprint density at radius 3 is 2.50 bits per heavy atom. The molecule has 1 aromatic carbocycles. The van der Waals surface area contributed by atoms with Crippen LogP contribution in [0.3, 0.4) is 0 Å². The van der Waals surface area contributed by atoms with Crippen molar-refractivity contribution in [2.75, 3.05) is 0 Å². The summed E-state index contributed by atoms with van der Waals surface area (Å²) in [6.45, 7) is 0. The Kier molecular flexibility index (Phi) is 3.25. The lowest BCUT2D eigenvalue weighted by Crippen LogP contribution is -2.33. The predicted octanol–water partition coefficient (Wildman–Crippen LogP) is 0.226. The van der Waals surface area contributed by atoms with Crippen LogP contribution in [-0.4, -0.2) is 14.3 Å². The number of primary amides is 1. The molecule has 0 radical (unpaired) electrons. The van der Waals surface area contributed by atoms with Gasteiger partial charge >= 0.3 is 0 Å². The van der Waals surface area contributed by atoms with Crippen molar-refractivity contribution in [1.29, 1.82) is 0 Å². The van der Waals surface area contributed by atoms with Gasteiger partial charge in [0.15, 0.2) is 0 Å². The van der Waals surface area contributed by atoms with Gasteiger partial charge in [-0.15, -0.1) is 12.4 Å². The summed E-state index contributed by atoms with van der Waals surface area (Å²) in [6, 6.07) is 6.37. The molecule has 0 aromatic heterocycles. The Balaban J connectivity index is 0.00000128. The first-order chi connectivity index (χ1) is 7.00. The third-order valence-corrected chi connectivity index (χ3v) is 3.46. The first-order valence-corrected chi connectivity index (χ1v) is 5.62. The van der Waals surface area contributed by atoms with Crippen molar-refractivity contribution in [3.63, 3.8) is 0 Å². The SMILES string of the molecule is Cl.NC(=O)C1=Cc2ccccc2S(=O)(=O)N1. The number of amides is 1. The maximum Gasteiger partial charge on any atom is 0.265 e. The second-order valence-electron chi connectivity index (χ2n) is 3.07. The highest BCUT2D eigenvalue weighted by Crippen LogP contribution is 2.22. The van der Waals surface area contributed by atoms with E-state index in [9.17, 15) is 13.2 Å². The van der Waals surface area contributed by atoms with Gasteiger partial charge in [-0.2, -0.15) is 0 Å². The number of fused-ring (bicyclic) bond motifs is 1. The zero-order chi connectivity index (χ0) is 11.1. The number of nitrogens with two attached hydrogens (primary N) is 1. The zero-order valence-electron chi connectivity index (χ0n) is 8.01. The van der Waals surface area contributed by atoms with Gasteiger partial charge in [0, 0.05) is 0 Å². The lowest BCUT2D eigenvalue weighted by molar-refractivity contribution is -0.114. The molecule has 0 fully saturated rings. The summed E-state index contributed by atoms with van der Waals surface area (Å²) in [5.74, 6) is -0.798. The van der Waals surface area contributed by atoms with E-state index in [1.165, 1.54) is 12.1 Å². The van der Waals surface area contributed by atoms with E-state index in [1.54, 1.807) is 18.2 Å². The molecule has 1 aliphatic rings. The van der Waals surface area contributed by atoms with Crippen LogP contribution in [-0.2, 0) is 14.8 Å². The molecule has 0 saturated carbocycles. The number of hydrogen-bond donors (Lipinski definition) is 2. The van der Waals surface area contributed by atoms with E-state index < -0.39 is 15.9 Å². The molecule has 1 heterocycles. The van der Waals surface area contributed by atoms with Gasteiger partial charge in [0.25, 0.3) is 15.9 Å². The van der Waals surface area contributed by atoms with Gasteiger partial charge in [0.05, 0.1) is 4.90 Å². The van der Waals surface area contributed by atoms with E-state index in [0.717, 1.165) is 0 Å². The van der Waals surface area contributed by atoms with Gasteiger partial charge in [-0.25, -0.2) is 8.42 Å². The van der Waals surface area contributed by atoms with E-state index in [4.69, 9.17) is 5.73 Å². The molecule has 1 aromatic rings. The Morgan fingerprint density at radius 1 is 1.25 bits per heavy atom. The molecule has 0 aliphatic carbocycles. The van der Waals surface area contributed by atoms with Gasteiger partial charge in [-0.3, -0.25) is 9.52 Å². The maximum absolute atomic E-state index is 11.6. The highest BCUT2D eigenvalue weighted by Gasteiger charge is 2.25. The highest BCUT2D eigenvalue weighted by molar-refractivity contribution is 7.89. The molecule has 7 heteroatoms. The second-order valence-corrected chi connectivity index (χ2v) is 4.72. The summed E-state index contributed by atoms with van der Waals surface area (Å²) in [6.07, 6.45) is 1.42. The van der Waals surface area contributed by atoms with E-state index in [1.807, 2.05) is 0 Å². The molecule has 16 heavy (non-hydrogen) atoms. The molecule has 0 spiro atoms. The van der Waals surface area contributed by atoms with Crippen molar-refractivity contribution in [3.8, 4) is 0 Å². The number of sulfonamides is 1. The largest absolute Gasteiger partial charge is 0.364 e. The van der Waals surface area contributed by atoms with Gasteiger partial charge in [-0.1, -0.05) is 18.2 Å². The van der Waals surface area contributed by atoms with E-state index >= 15 is 0 Å². The van der Waals surface area contributed by atoms with E-state index in [-0.39, 0.29) is 23.0 Å². The van der Waals surface area contributed by atoms with Crippen LogP contribution in [0.5, 0.6) is 0 Å². The molecule has 0 saturated heterocycles. The average molecular weight is 261 g/mol. The maximum atomic E-state index is 11.6. The van der Waals surface area contributed by atoms with Crippen LogP contribution in [0, 0.1) is 0 Å². The summed E-state index contributed by atoms with van der Waals surface area (Å²) >= 11 is 0. The number of halogens is 1. The number of carbonyl (C=O) groups is 1. The lowest BCUT2D eigenvalue weighted by atomic mass is 10.2. The fraction of sp³-hybridized carbons (Fsp3) is 0. The number of rotatable bonds is 1. The summed E-state index contributed by atoms with van der Waals surface area (Å²) in [4.78, 5) is 11.0. The minimum Gasteiger partial charge on any atom is -0.364 e. The summed E-state index contributed by atoms with van der Waals surface area (Å²) in [5.41, 5.74) is 5.36. The van der Waals surface area contributed by atoms with Crippen molar-refractivity contribution in [3.05, 3.63) is 35.5 Å². The summed E-state index contributed by atoms with van der Waals surface area (Å²) in [5, 5.41) is 0. The fourth-order valence-electron chi connectivity index (χ4n) is 1.35. The molecule has 0 atom stereocenters. The van der Waals surface area contributed by atoms with E-state index in [2.05, 4.69) is 4.72 Å². The fourth-order valence-corrected chi connectivity index (χ4v) is 2.60. The molecule has 86 valence electrons. The van der Waals surface area contributed by atoms with Crippen molar-refractivity contribution in [2.24, 2.45) is 5.73 Å². The van der Waals surface area contributed by atoms with Crippen molar-refractivity contribution in [2.45, 2.75) is 4.90 Å². The smallest absolute Gasteiger partial charge is 0.265 e. The summed E-state index contributed by atoms with van der Waals surface area (Å²) in [7, 11) is -3.66. The third kappa shape index (κ3) is 2.02. The van der Waals surface area contributed by atoms with Crippen LogP contribution in [0.25, 0.3) is 6.08 Å². The molecule has 2 rings (SSSR count). The topological polar surface area (TPSA) is 89.3 Å². The van der Waals surface area contributed by atoms with Crippen LogP contribution in [0.15, 0.2) is 34.9 Å². The number of hydrogen-bond acceptors (Lipinski definition) is 3. The van der Waals surface area contributed by atoms with Crippen LogP contribution in [0.4, 0.5) is 0 Å². The minimum atomic E-state index is -3.66. The quantitative estimate of drug-likeness (QED) is 0.757. The lowest BCUT2D eigenvalue weighted by Gasteiger charge is -2.16. The standard InChI is InChI=1S/C9H8N2O3S.ClH/c10-9(12)7-5-6-3-1-2-4-8(6)15(13,14)11-7;/h1-5,11H,(H2,10,12);1H. The van der Waals surface area contributed by atoms with Crippen LogP contribution >= 0.6 is 12.4 Å². The minimum absolute atomic E-state index is 0. The van der Waals surface area contributed by atoms with Gasteiger partial charge in [0.1, 0.15) is 5.70 Å². The Hall–Kier alpha value is -1.53. The summed E-state index contributed by atoms with van der Waals surface area (Å²) < 4.78 is 25.4. The normalized spacial score (nSPS) is 16.1. The molecule has 3 N–H and O–H groups in total. The predicted molar refractivity (Wildman–Crippen MR) is 61.2 cm³/mol. The number of nitrogens with one attached hydrogen (secondary N) is 1. The van der Waals surface area contributed by atoms with Crippen LogP contribution in [0.2, 0.25) is 0 Å². The molecule has 1 aliphatic heterocycles. The number of benzene rings is 1. The Bertz CT molecular complexity index is 566. The highest BCUT2D eigenvalue weighted by atomic mass is 35.5. The average Bonchev–Trinajstić information content (AvgIpc) is 2.16. The molecule has 0 unspecified atom stereocenters. The number of carbonyl (C=O) groups excluding carboxylic acids is 1. The first-order valence-electron chi connectivity index (χ1n) is 4.14. The van der Waals surface area contributed by atoms with Crippen LogP contribution in [0.1, 0.15) is 5.56 Å². The van der Waals surface area contributed by atoms with Crippen molar-refractivity contribution in [1.82, 2.24) is 4.72 Å².